The van der Waals surface area contributed by atoms with Crippen LogP contribution in [-0.4, -0.2) is 84.4 Å². The summed E-state index contributed by atoms with van der Waals surface area (Å²) in [6.07, 6.45) is 11.7. The van der Waals surface area contributed by atoms with Gasteiger partial charge < -0.3 is 15.4 Å². The Morgan fingerprint density at radius 2 is 2.00 bits per heavy atom. The first-order chi connectivity index (χ1) is 19.9. The van der Waals surface area contributed by atoms with E-state index in [2.05, 4.69) is 43.7 Å². The van der Waals surface area contributed by atoms with Crippen molar-refractivity contribution >= 4 is 33.8 Å². The Bertz CT molecular complexity index is 1700. The van der Waals surface area contributed by atoms with Crippen LogP contribution < -0.4 is 10.6 Å². The Hall–Kier alpha value is -4.29. The van der Waals surface area contributed by atoms with Crippen LogP contribution in [-0.2, 0) is 18.3 Å². The van der Waals surface area contributed by atoms with E-state index in [0.717, 1.165) is 52.0 Å². The van der Waals surface area contributed by atoms with Gasteiger partial charge in [0, 0.05) is 63.0 Å². The Labute approximate surface area is 238 Å². The first kappa shape index (κ1) is 26.9. The van der Waals surface area contributed by atoms with Crippen LogP contribution in [0.3, 0.4) is 0 Å². The second kappa shape index (κ2) is 11.3. The van der Waals surface area contributed by atoms with Crippen molar-refractivity contribution in [2.75, 3.05) is 38.7 Å². The Morgan fingerprint density at radius 3 is 2.80 bits per heavy atom. The number of nitrogens with one attached hydrogen (secondary N) is 2. The first-order valence-corrected chi connectivity index (χ1v) is 14.0. The van der Waals surface area contributed by atoms with E-state index in [1.54, 1.807) is 13.3 Å². The molecule has 6 rings (SSSR count). The molecule has 1 atom stereocenters. The molecule has 6 heterocycles. The summed E-state index contributed by atoms with van der Waals surface area (Å²) in [5.74, 6) is 0.519. The summed E-state index contributed by atoms with van der Waals surface area (Å²) < 4.78 is 10.7. The van der Waals surface area contributed by atoms with Gasteiger partial charge >= 0.3 is 0 Å². The maximum absolute atomic E-state index is 12.9. The number of likely N-dealkylation sites (tertiary alicyclic amines) is 1. The summed E-state index contributed by atoms with van der Waals surface area (Å²) in [6.45, 7) is 8.02. The molecule has 1 amide bonds. The number of aromatic nitrogens is 7. The molecule has 1 saturated heterocycles. The summed E-state index contributed by atoms with van der Waals surface area (Å²) in [5.41, 5.74) is 5.91. The van der Waals surface area contributed by atoms with Crippen LogP contribution in [0.25, 0.3) is 27.5 Å². The quantitative estimate of drug-likeness (QED) is 0.269. The molecule has 0 spiro atoms. The number of pyridine rings is 1. The topological polar surface area (TPSA) is 119 Å². The van der Waals surface area contributed by atoms with Crippen LogP contribution in [0.2, 0.25) is 0 Å². The minimum atomic E-state index is -0.132. The molecular formula is C29H36N10O2. The number of amides is 1. The van der Waals surface area contributed by atoms with Crippen LogP contribution in [0.4, 0.5) is 11.5 Å². The van der Waals surface area contributed by atoms with Crippen LogP contribution in [0.1, 0.15) is 35.8 Å². The highest BCUT2D eigenvalue weighted by molar-refractivity contribution is 6.01. The fraction of sp³-hybridized carbons (Fsp3) is 0.414. The molecule has 41 heavy (non-hydrogen) atoms. The van der Waals surface area contributed by atoms with E-state index in [4.69, 9.17) is 9.84 Å². The standard InChI is InChI=1S/C29H36N10O2/c1-19-6-5-8-37(19)9-7-30-29(40)21-12-25(20(2)31-14-21)34-28-24-16-33-39-18-22(13-26(39)27(24)36(3)35-28)23-15-32-38(17-23)10-11-41-4/h12-19H,5-11H2,1-4H3,(H,30,40)(H,34,35)/t19-/m0/s1. The fourth-order valence-corrected chi connectivity index (χ4v) is 5.53. The largest absolute Gasteiger partial charge is 0.383 e. The van der Waals surface area contributed by atoms with Gasteiger partial charge in [0.05, 0.1) is 58.9 Å². The van der Waals surface area contributed by atoms with Gasteiger partial charge in [-0.2, -0.15) is 15.3 Å². The Kier molecular flexibility index (Phi) is 7.41. The minimum absolute atomic E-state index is 0.132. The van der Waals surface area contributed by atoms with E-state index >= 15 is 0 Å². The predicted octanol–water partition coefficient (Wildman–Crippen LogP) is 3.39. The molecule has 0 aliphatic carbocycles. The highest BCUT2D eigenvalue weighted by Gasteiger charge is 2.20. The smallest absolute Gasteiger partial charge is 0.252 e. The number of rotatable bonds is 10. The van der Waals surface area contributed by atoms with Crippen molar-refractivity contribution in [3.05, 3.63) is 54.4 Å². The van der Waals surface area contributed by atoms with Crippen LogP contribution in [0.5, 0.6) is 0 Å². The zero-order chi connectivity index (χ0) is 28.5. The van der Waals surface area contributed by atoms with Gasteiger partial charge in [-0.1, -0.05) is 0 Å². The maximum atomic E-state index is 12.9. The molecule has 12 nitrogen and oxygen atoms in total. The number of aryl methyl sites for hydroxylation is 2. The van der Waals surface area contributed by atoms with Crippen molar-refractivity contribution < 1.29 is 9.53 Å². The molecule has 12 heteroatoms. The van der Waals surface area contributed by atoms with E-state index in [1.165, 1.54) is 12.8 Å². The SMILES string of the molecule is COCCn1cc(-c2cc3c4c(cnn3c2)c(Nc2cc(C(=O)NCCN3CCC[C@@H]3C)cnc2C)nn4C)cn1. The van der Waals surface area contributed by atoms with Gasteiger partial charge in [0.25, 0.3) is 5.91 Å². The molecule has 2 N–H and O–H groups in total. The molecule has 0 radical (unpaired) electrons. The third-order valence-electron chi connectivity index (χ3n) is 7.91. The number of ether oxygens (including phenoxy) is 1. The van der Waals surface area contributed by atoms with Crippen molar-refractivity contribution in [1.29, 1.82) is 0 Å². The number of hydrogen-bond donors (Lipinski definition) is 2. The Balaban J connectivity index is 1.22. The lowest BCUT2D eigenvalue weighted by atomic mass is 10.2. The average Bonchev–Trinajstić information content (AvgIpc) is 3.75. The molecule has 0 aromatic carbocycles. The number of carbonyl (C=O) groups is 1. The summed E-state index contributed by atoms with van der Waals surface area (Å²) in [4.78, 5) is 19.8. The van der Waals surface area contributed by atoms with Crippen LogP contribution in [0, 0.1) is 6.92 Å². The molecule has 1 aliphatic heterocycles. The molecular weight excluding hydrogens is 520 g/mol. The van der Waals surface area contributed by atoms with Crippen molar-refractivity contribution in [1.82, 2.24) is 44.4 Å². The molecule has 1 fully saturated rings. The van der Waals surface area contributed by atoms with E-state index < -0.39 is 0 Å². The number of nitrogens with zero attached hydrogens (tertiary/aromatic N) is 8. The van der Waals surface area contributed by atoms with Crippen molar-refractivity contribution in [2.45, 2.75) is 39.3 Å². The second-order valence-corrected chi connectivity index (χ2v) is 10.7. The lowest BCUT2D eigenvalue weighted by molar-refractivity contribution is 0.0947. The van der Waals surface area contributed by atoms with Crippen LogP contribution in [0.15, 0.2) is 43.1 Å². The Morgan fingerprint density at radius 1 is 1.12 bits per heavy atom. The summed E-state index contributed by atoms with van der Waals surface area (Å²) >= 11 is 0. The van der Waals surface area contributed by atoms with E-state index in [-0.39, 0.29) is 5.91 Å². The monoisotopic (exact) mass is 556 g/mol. The van der Waals surface area contributed by atoms with Crippen molar-refractivity contribution in [3.63, 3.8) is 0 Å². The number of methoxy groups -OCH3 is 1. The molecule has 0 saturated carbocycles. The average molecular weight is 557 g/mol. The highest BCUT2D eigenvalue weighted by atomic mass is 16.5. The zero-order valence-corrected chi connectivity index (χ0v) is 24.0. The molecule has 1 aliphatic rings. The molecule has 5 aromatic rings. The third kappa shape index (κ3) is 5.40. The van der Waals surface area contributed by atoms with Crippen molar-refractivity contribution in [3.8, 4) is 11.1 Å². The van der Waals surface area contributed by atoms with E-state index in [1.807, 2.05) is 58.7 Å². The van der Waals surface area contributed by atoms with Crippen molar-refractivity contribution in [2.24, 2.45) is 7.05 Å². The number of carbonyl (C=O) groups excluding carboxylic acids is 1. The zero-order valence-electron chi connectivity index (χ0n) is 24.0. The molecule has 5 aromatic heterocycles. The number of fused-ring (bicyclic) bond motifs is 3. The first-order valence-electron chi connectivity index (χ1n) is 14.0. The van der Waals surface area contributed by atoms with Gasteiger partial charge in [0.1, 0.15) is 0 Å². The number of anilines is 2. The van der Waals surface area contributed by atoms with E-state index in [0.29, 0.717) is 37.1 Å². The van der Waals surface area contributed by atoms with Gasteiger partial charge in [0.15, 0.2) is 5.82 Å². The summed E-state index contributed by atoms with van der Waals surface area (Å²) in [7, 11) is 3.60. The van der Waals surface area contributed by atoms with Gasteiger partial charge in [-0.15, -0.1) is 0 Å². The lowest BCUT2D eigenvalue weighted by Gasteiger charge is -2.20. The van der Waals surface area contributed by atoms with Gasteiger partial charge in [0.2, 0.25) is 0 Å². The number of hydrogen-bond acceptors (Lipinski definition) is 8. The van der Waals surface area contributed by atoms with Gasteiger partial charge in [-0.05, 0) is 45.4 Å². The summed E-state index contributed by atoms with van der Waals surface area (Å²) in [6, 6.07) is 4.51. The van der Waals surface area contributed by atoms with Gasteiger partial charge in [-0.3, -0.25) is 24.0 Å². The van der Waals surface area contributed by atoms with Gasteiger partial charge in [-0.25, -0.2) is 4.52 Å². The molecule has 0 bridgehead atoms. The normalized spacial score (nSPS) is 15.8. The van der Waals surface area contributed by atoms with E-state index in [9.17, 15) is 4.79 Å². The van der Waals surface area contributed by atoms with Crippen LogP contribution >= 0.6 is 0 Å². The predicted molar refractivity (Wildman–Crippen MR) is 157 cm³/mol. The minimum Gasteiger partial charge on any atom is -0.383 e. The second-order valence-electron chi connectivity index (χ2n) is 10.7. The molecule has 0 unspecified atom stereocenters. The fourth-order valence-electron chi connectivity index (χ4n) is 5.53. The highest BCUT2D eigenvalue weighted by Crippen LogP contribution is 2.31. The third-order valence-corrected chi connectivity index (χ3v) is 7.91. The molecule has 214 valence electrons. The summed E-state index contributed by atoms with van der Waals surface area (Å²) in [5, 5.41) is 21.2. The lowest BCUT2D eigenvalue weighted by Crippen LogP contribution is -2.36. The maximum Gasteiger partial charge on any atom is 0.252 e.